The van der Waals surface area contributed by atoms with E-state index in [0.717, 1.165) is 37.3 Å². The van der Waals surface area contributed by atoms with Crippen molar-refractivity contribution in [2.24, 2.45) is 0 Å². The predicted octanol–water partition coefficient (Wildman–Crippen LogP) is 2.25. The SMILES string of the molecule is Cc1c(C2CCNCC2)nc2c(F)cccn12. The van der Waals surface area contributed by atoms with E-state index in [-0.39, 0.29) is 5.82 Å². The highest BCUT2D eigenvalue weighted by molar-refractivity contribution is 5.45. The first-order chi connectivity index (χ1) is 8.27. The molecule has 0 saturated carbocycles. The Bertz CT molecular complexity index is 541. The second-order valence-electron chi connectivity index (χ2n) is 4.66. The third kappa shape index (κ3) is 1.72. The van der Waals surface area contributed by atoms with Crippen molar-refractivity contribution in [3.8, 4) is 0 Å². The van der Waals surface area contributed by atoms with Gasteiger partial charge >= 0.3 is 0 Å². The summed E-state index contributed by atoms with van der Waals surface area (Å²) in [5.74, 6) is 0.228. The summed E-state index contributed by atoms with van der Waals surface area (Å²) in [4.78, 5) is 4.50. The summed E-state index contributed by atoms with van der Waals surface area (Å²) in [6.07, 6.45) is 4.06. The Hall–Kier alpha value is -1.42. The summed E-state index contributed by atoms with van der Waals surface area (Å²) in [5, 5.41) is 3.34. The molecule has 0 aliphatic carbocycles. The number of imidazole rings is 1. The normalized spacial score (nSPS) is 17.8. The zero-order valence-corrected chi connectivity index (χ0v) is 9.91. The van der Waals surface area contributed by atoms with Gasteiger partial charge in [0, 0.05) is 17.8 Å². The Morgan fingerprint density at radius 2 is 2.18 bits per heavy atom. The molecule has 0 radical (unpaired) electrons. The molecule has 0 bridgehead atoms. The average Bonchev–Trinajstić information content (AvgIpc) is 2.70. The molecule has 0 unspecified atom stereocenters. The summed E-state index contributed by atoms with van der Waals surface area (Å²) >= 11 is 0. The third-order valence-corrected chi connectivity index (χ3v) is 3.60. The lowest BCUT2D eigenvalue weighted by Gasteiger charge is -2.21. The molecule has 1 aliphatic heterocycles. The highest BCUT2D eigenvalue weighted by Gasteiger charge is 2.21. The lowest BCUT2D eigenvalue weighted by Crippen LogP contribution is -2.27. The molecule has 0 spiro atoms. The summed E-state index contributed by atoms with van der Waals surface area (Å²) in [7, 11) is 0. The van der Waals surface area contributed by atoms with Gasteiger partial charge in [0.2, 0.25) is 0 Å². The van der Waals surface area contributed by atoms with Crippen molar-refractivity contribution in [3.63, 3.8) is 0 Å². The lowest BCUT2D eigenvalue weighted by molar-refractivity contribution is 0.453. The van der Waals surface area contributed by atoms with Crippen LogP contribution in [0.15, 0.2) is 18.3 Å². The largest absolute Gasteiger partial charge is 0.317 e. The van der Waals surface area contributed by atoms with Gasteiger partial charge in [-0.05, 0) is 45.0 Å². The van der Waals surface area contributed by atoms with Crippen LogP contribution in [-0.4, -0.2) is 22.5 Å². The van der Waals surface area contributed by atoms with Crippen LogP contribution < -0.4 is 5.32 Å². The number of fused-ring (bicyclic) bond motifs is 1. The Morgan fingerprint density at radius 3 is 2.88 bits per heavy atom. The van der Waals surface area contributed by atoms with Gasteiger partial charge in [-0.2, -0.15) is 0 Å². The fourth-order valence-corrected chi connectivity index (χ4v) is 2.65. The fourth-order valence-electron chi connectivity index (χ4n) is 2.65. The maximum absolute atomic E-state index is 13.7. The van der Waals surface area contributed by atoms with Crippen molar-refractivity contribution in [1.82, 2.24) is 14.7 Å². The molecule has 2 aromatic heterocycles. The van der Waals surface area contributed by atoms with Gasteiger partial charge in [-0.1, -0.05) is 0 Å². The minimum atomic E-state index is -0.240. The molecule has 1 saturated heterocycles. The van der Waals surface area contributed by atoms with Crippen LogP contribution in [0.2, 0.25) is 0 Å². The van der Waals surface area contributed by atoms with Gasteiger partial charge in [0.15, 0.2) is 11.5 Å². The average molecular weight is 233 g/mol. The monoisotopic (exact) mass is 233 g/mol. The molecular weight excluding hydrogens is 217 g/mol. The second kappa shape index (κ2) is 4.11. The number of rotatable bonds is 1. The van der Waals surface area contributed by atoms with Crippen LogP contribution >= 0.6 is 0 Å². The molecule has 4 heteroatoms. The van der Waals surface area contributed by atoms with Gasteiger partial charge in [-0.25, -0.2) is 9.37 Å². The maximum Gasteiger partial charge on any atom is 0.173 e. The van der Waals surface area contributed by atoms with Gasteiger partial charge in [-0.15, -0.1) is 0 Å². The quantitative estimate of drug-likeness (QED) is 0.818. The van der Waals surface area contributed by atoms with E-state index in [1.807, 2.05) is 17.5 Å². The minimum absolute atomic E-state index is 0.240. The first-order valence-electron chi connectivity index (χ1n) is 6.11. The lowest BCUT2D eigenvalue weighted by atomic mass is 9.94. The number of nitrogens with zero attached hydrogens (tertiary/aromatic N) is 2. The zero-order chi connectivity index (χ0) is 11.8. The smallest absolute Gasteiger partial charge is 0.173 e. The van der Waals surface area contributed by atoms with Crippen molar-refractivity contribution < 1.29 is 4.39 Å². The maximum atomic E-state index is 13.7. The van der Waals surface area contributed by atoms with E-state index in [1.54, 1.807) is 6.07 Å². The Morgan fingerprint density at radius 1 is 1.41 bits per heavy atom. The van der Waals surface area contributed by atoms with E-state index in [9.17, 15) is 4.39 Å². The van der Waals surface area contributed by atoms with E-state index in [2.05, 4.69) is 10.3 Å². The second-order valence-corrected chi connectivity index (χ2v) is 4.66. The number of piperidine rings is 1. The molecule has 3 heterocycles. The summed E-state index contributed by atoms with van der Waals surface area (Å²) in [6.45, 7) is 4.08. The van der Waals surface area contributed by atoms with Crippen molar-refractivity contribution >= 4 is 5.65 Å². The number of hydrogen-bond acceptors (Lipinski definition) is 2. The van der Waals surface area contributed by atoms with Gasteiger partial charge < -0.3 is 9.72 Å². The molecule has 2 aromatic rings. The number of aromatic nitrogens is 2. The van der Waals surface area contributed by atoms with Gasteiger partial charge in [0.05, 0.1) is 5.69 Å². The van der Waals surface area contributed by atoms with Crippen molar-refractivity contribution in [2.45, 2.75) is 25.7 Å². The van der Waals surface area contributed by atoms with Crippen LogP contribution in [-0.2, 0) is 0 Å². The number of nitrogens with one attached hydrogen (secondary N) is 1. The van der Waals surface area contributed by atoms with Gasteiger partial charge in [-0.3, -0.25) is 0 Å². The minimum Gasteiger partial charge on any atom is -0.317 e. The van der Waals surface area contributed by atoms with Crippen molar-refractivity contribution in [2.75, 3.05) is 13.1 Å². The number of halogens is 1. The van der Waals surface area contributed by atoms with E-state index >= 15 is 0 Å². The summed E-state index contributed by atoms with van der Waals surface area (Å²) in [5.41, 5.74) is 2.60. The molecule has 1 fully saturated rings. The summed E-state index contributed by atoms with van der Waals surface area (Å²) in [6, 6.07) is 3.19. The van der Waals surface area contributed by atoms with E-state index in [0.29, 0.717) is 11.6 Å². The van der Waals surface area contributed by atoms with E-state index < -0.39 is 0 Å². The zero-order valence-electron chi connectivity index (χ0n) is 9.91. The molecule has 3 nitrogen and oxygen atoms in total. The van der Waals surface area contributed by atoms with Crippen LogP contribution in [0.1, 0.15) is 30.1 Å². The molecule has 1 aliphatic rings. The molecule has 17 heavy (non-hydrogen) atoms. The van der Waals surface area contributed by atoms with E-state index in [4.69, 9.17) is 0 Å². The highest BCUT2D eigenvalue weighted by Crippen LogP contribution is 2.28. The predicted molar refractivity (Wildman–Crippen MR) is 64.7 cm³/mol. The molecule has 0 atom stereocenters. The number of aryl methyl sites for hydroxylation is 1. The van der Waals surface area contributed by atoms with Gasteiger partial charge in [0.25, 0.3) is 0 Å². The van der Waals surface area contributed by atoms with Crippen LogP contribution in [0, 0.1) is 12.7 Å². The molecule has 0 amide bonds. The van der Waals surface area contributed by atoms with E-state index in [1.165, 1.54) is 6.07 Å². The highest BCUT2D eigenvalue weighted by atomic mass is 19.1. The third-order valence-electron chi connectivity index (χ3n) is 3.60. The number of pyridine rings is 1. The fraction of sp³-hybridized carbons (Fsp3) is 0.462. The van der Waals surface area contributed by atoms with Crippen molar-refractivity contribution in [3.05, 3.63) is 35.5 Å². The van der Waals surface area contributed by atoms with Crippen LogP contribution in [0.5, 0.6) is 0 Å². The first kappa shape index (κ1) is 10.7. The molecule has 3 rings (SSSR count). The van der Waals surface area contributed by atoms with Crippen LogP contribution in [0.25, 0.3) is 5.65 Å². The topological polar surface area (TPSA) is 29.3 Å². The standard InChI is InChI=1S/C13H16FN3/c1-9-12(10-4-6-15-7-5-10)16-13-11(14)3-2-8-17(9)13/h2-3,8,10,15H,4-7H2,1H3. The van der Waals surface area contributed by atoms with Crippen LogP contribution in [0.3, 0.4) is 0 Å². The number of hydrogen-bond donors (Lipinski definition) is 1. The summed E-state index contributed by atoms with van der Waals surface area (Å²) < 4.78 is 15.5. The molecular formula is C13H16FN3. The van der Waals surface area contributed by atoms with Crippen LogP contribution in [0.4, 0.5) is 4.39 Å². The molecule has 90 valence electrons. The van der Waals surface area contributed by atoms with Crippen molar-refractivity contribution in [1.29, 1.82) is 0 Å². The molecule has 1 N–H and O–H groups in total. The Balaban J connectivity index is 2.10. The Labute approximate surface area is 99.7 Å². The Kier molecular flexibility index (Phi) is 2.59. The molecule has 0 aromatic carbocycles. The van der Waals surface area contributed by atoms with Gasteiger partial charge in [0.1, 0.15) is 0 Å². The first-order valence-corrected chi connectivity index (χ1v) is 6.11.